The number of carbonyl (C=O) groups is 1. The zero-order valence-electron chi connectivity index (χ0n) is 18.6. The molecule has 1 spiro atoms. The lowest BCUT2D eigenvalue weighted by Gasteiger charge is -2.60. The van der Waals surface area contributed by atoms with Gasteiger partial charge in [0.25, 0.3) is 5.92 Å². The van der Waals surface area contributed by atoms with Crippen LogP contribution in [0.3, 0.4) is 0 Å². The van der Waals surface area contributed by atoms with Crippen LogP contribution in [0.1, 0.15) is 6.42 Å². The van der Waals surface area contributed by atoms with Gasteiger partial charge in [-0.25, -0.2) is 22.9 Å². The average molecular weight is 499 g/mol. The van der Waals surface area contributed by atoms with Gasteiger partial charge in [-0.2, -0.15) is 13.2 Å². The molecule has 6 nitrogen and oxygen atoms in total. The van der Waals surface area contributed by atoms with E-state index in [-0.39, 0.29) is 61.6 Å². The fraction of sp³-hybridized carbons (Fsp3) is 0.478. The molecule has 3 fully saturated rings. The van der Waals surface area contributed by atoms with E-state index in [1.54, 1.807) is 6.07 Å². The monoisotopic (exact) mass is 499 g/mol. The van der Waals surface area contributed by atoms with Crippen LogP contribution in [-0.4, -0.2) is 78.7 Å². The van der Waals surface area contributed by atoms with Gasteiger partial charge in [-0.3, -0.25) is 4.90 Å². The molecular formula is C23H23F6N5O. The summed E-state index contributed by atoms with van der Waals surface area (Å²) in [7, 11) is 0. The molecule has 12 heteroatoms. The Hall–Kier alpha value is -3.02. The Morgan fingerprint density at radius 2 is 1.74 bits per heavy atom. The number of alkyl halides is 5. The predicted octanol–water partition coefficient (Wildman–Crippen LogP) is 4.44. The van der Waals surface area contributed by atoms with Crippen molar-refractivity contribution in [2.45, 2.75) is 18.5 Å². The van der Waals surface area contributed by atoms with E-state index in [9.17, 15) is 31.1 Å². The number of halogens is 6. The minimum absolute atomic E-state index is 0.0193. The SMILES string of the molecule is O=C(Nc1c(-c2ccccc2F)ccnc1N1CCC(F)(F)C1)N1CC2(CN(CC(F)(F)F)C2)C1. The summed E-state index contributed by atoms with van der Waals surface area (Å²) in [5, 5.41) is 2.72. The van der Waals surface area contributed by atoms with Crippen LogP contribution in [0.4, 0.5) is 42.6 Å². The van der Waals surface area contributed by atoms with Crippen molar-refractivity contribution >= 4 is 17.5 Å². The van der Waals surface area contributed by atoms with Gasteiger partial charge in [-0.15, -0.1) is 0 Å². The molecule has 3 saturated heterocycles. The van der Waals surface area contributed by atoms with E-state index < -0.39 is 37.0 Å². The molecule has 3 aliphatic rings. The molecule has 0 saturated carbocycles. The number of hydrogen-bond acceptors (Lipinski definition) is 4. The van der Waals surface area contributed by atoms with Crippen LogP contribution < -0.4 is 10.2 Å². The van der Waals surface area contributed by atoms with Crippen LogP contribution in [0, 0.1) is 11.2 Å². The first-order valence-corrected chi connectivity index (χ1v) is 11.2. The molecule has 3 aliphatic heterocycles. The number of urea groups is 1. The second kappa shape index (κ2) is 8.28. The van der Waals surface area contributed by atoms with Crippen LogP contribution >= 0.6 is 0 Å². The van der Waals surface area contributed by atoms with Crippen molar-refractivity contribution in [1.29, 1.82) is 0 Å². The van der Waals surface area contributed by atoms with Crippen molar-refractivity contribution < 1.29 is 31.1 Å². The quantitative estimate of drug-likeness (QED) is 0.632. The summed E-state index contributed by atoms with van der Waals surface area (Å²) < 4.78 is 80.2. The number of likely N-dealkylation sites (tertiary alicyclic amines) is 2. The first kappa shape index (κ1) is 23.7. The number of anilines is 2. The lowest BCUT2D eigenvalue weighted by atomic mass is 9.73. The van der Waals surface area contributed by atoms with Gasteiger partial charge in [0.15, 0.2) is 5.82 Å². The molecule has 0 unspecified atom stereocenters. The number of aromatic nitrogens is 1. The van der Waals surface area contributed by atoms with Gasteiger partial charge in [0.05, 0.1) is 18.8 Å². The third-order valence-corrected chi connectivity index (χ3v) is 6.66. The lowest BCUT2D eigenvalue weighted by molar-refractivity contribution is -0.184. The van der Waals surface area contributed by atoms with Crippen molar-refractivity contribution in [3.63, 3.8) is 0 Å². The molecule has 0 radical (unpaired) electrons. The first-order chi connectivity index (χ1) is 16.4. The molecule has 0 atom stereocenters. The van der Waals surface area contributed by atoms with E-state index in [0.717, 1.165) is 0 Å². The van der Waals surface area contributed by atoms with Gasteiger partial charge in [0, 0.05) is 61.9 Å². The molecule has 4 heterocycles. The molecule has 0 aliphatic carbocycles. The van der Waals surface area contributed by atoms with Crippen LogP contribution in [-0.2, 0) is 0 Å². The van der Waals surface area contributed by atoms with Crippen molar-refractivity contribution in [3.05, 3.63) is 42.3 Å². The highest BCUT2D eigenvalue weighted by Crippen LogP contribution is 2.43. The summed E-state index contributed by atoms with van der Waals surface area (Å²) in [6, 6.07) is 6.88. The van der Waals surface area contributed by atoms with Gasteiger partial charge >= 0.3 is 12.2 Å². The summed E-state index contributed by atoms with van der Waals surface area (Å²) in [6.07, 6.45) is -3.25. The zero-order valence-corrected chi connectivity index (χ0v) is 18.6. The number of hydrogen-bond donors (Lipinski definition) is 1. The molecule has 35 heavy (non-hydrogen) atoms. The number of nitrogens with one attached hydrogen (secondary N) is 1. The first-order valence-electron chi connectivity index (χ1n) is 11.2. The van der Waals surface area contributed by atoms with E-state index >= 15 is 0 Å². The zero-order chi connectivity index (χ0) is 25.0. The molecule has 188 valence electrons. The Kier molecular flexibility index (Phi) is 5.61. The summed E-state index contributed by atoms with van der Waals surface area (Å²) in [5.41, 5.74) is 0.228. The Morgan fingerprint density at radius 1 is 1.03 bits per heavy atom. The second-order valence-electron chi connectivity index (χ2n) is 9.61. The maximum atomic E-state index is 14.6. The van der Waals surface area contributed by atoms with Crippen molar-refractivity contribution in [3.8, 4) is 11.1 Å². The largest absolute Gasteiger partial charge is 0.401 e. The van der Waals surface area contributed by atoms with Crippen molar-refractivity contribution in [1.82, 2.24) is 14.8 Å². The molecule has 1 N–H and O–H groups in total. The summed E-state index contributed by atoms with van der Waals surface area (Å²) in [5.74, 6) is -3.34. The molecule has 2 amide bonds. The highest BCUT2D eigenvalue weighted by molar-refractivity contribution is 5.99. The van der Waals surface area contributed by atoms with E-state index in [1.807, 2.05) is 0 Å². The standard InChI is InChI=1S/C23H23F6N5O/c24-17-4-2-1-3-15(17)16-5-7-30-19(33-8-6-22(25,26)13-33)18(16)31-20(35)34-11-21(12-34)9-32(10-21)14-23(27,28)29/h1-5,7H,6,8-14H2,(H,31,35). The van der Waals surface area contributed by atoms with Crippen molar-refractivity contribution in [2.24, 2.45) is 5.41 Å². The van der Waals surface area contributed by atoms with E-state index in [2.05, 4.69) is 10.3 Å². The number of benzene rings is 1. The Bertz CT molecular complexity index is 1130. The minimum atomic E-state index is -4.27. The van der Waals surface area contributed by atoms with E-state index in [0.29, 0.717) is 5.56 Å². The number of pyridine rings is 1. The van der Waals surface area contributed by atoms with Gasteiger partial charge < -0.3 is 15.1 Å². The molecule has 1 aromatic carbocycles. The molecule has 1 aromatic heterocycles. The Balaban J connectivity index is 1.35. The Labute approximate surface area is 197 Å². The van der Waals surface area contributed by atoms with Crippen LogP contribution in [0.15, 0.2) is 36.5 Å². The highest BCUT2D eigenvalue weighted by atomic mass is 19.4. The van der Waals surface area contributed by atoms with E-state index in [1.165, 1.54) is 45.2 Å². The fourth-order valence-electron chi connectivity index (χ4n) is 5.20. The van der Waals surface area contributed by atoms with E-state index in [4.69, 9.17) is 0 Å². The van der Waals surface area contributed by atoms with Crippen LogP contribution in [0.5, 0.6) is 0 Å². The van der Waals surface area contributed by atoms with Gasteiger partial charge in [0.1, 0.15) is 5.82 Å². The number of carbonyl (C=O) groups excluding carboxylic acids is 1. The van der Waals surface area contributed by atoms with Crippen molar-refractivity contribution in [2.75, 3.05) is 56.0 Å². The normalized spacial score (nSPS) is 21.1. The summed E-state index contributed by atoms with van der Waals surface area (Å²) in [6.45, 7) is -0.488. The fourth-order valence-corrected chi connectivity index (χ4v) is 5.20. The second-order valence-corrected chi connectivity index (χ2v) is 9.61. The topological polar surface area (TPSA) is 51.7 Å². The van der Waals surface area contributed by atoms with Crippen LogP contribution in [0.2, 0.25) is 0 Å². The summed E-state index contributed by atoms with van der Waals surface area (Å²) >= 11 is 0. The summed E-state index contributed by atoms with van der Waals surface area (Å²) in [4.78, 5) is 21.4. The maximum Gasteiger partial charge on any atom is 0.401 e. The average Bonchev–Trinajstić information content (AvgIpc) is 3.08. The smallest absolute Gasteiger partial charge is 0.349 e. The molecular weight excluding hydrogens is 476 g/mol. The molecule has 5 rings (SSSR count). The van der Waals surface area contributed by atoms with Gasteiger partial charge in [0.2, 0.25) is 0 Å². The lowest BCUT2D eigenvalue weighted by Crippen LogP contribution is -2.73. The third-order valence-electron chi connectivity index (χ3n) is 6.66. The third kappa shape index (κ3) is 4.75. The highest BCUT2D eigenvalue weighted by Gasteiger charge is 2.54. The maximum absolute atomic E-state index is 14.6. The Morgan fingerprint density at radius 3 is 2.37 bits per heavy atom. The molecule has 0 bridgehead atoms. The minimum Gasteiger partial charge on any atom is -0.349 e. The van der Waals surface area contributed by atoms with Gasteiger partial charge in [-0.1, -0.05) is 18.2 Å². The molecule has 2 aromatic rings. The van der Waals surface area contributed by atoms with Crippen LogP contribution in [0.25, 0.3) is 11.1 Å². The predicted molar refractivity (Wildman–Crippen MR) is 117 cm³/mol. The number of rotatable bonds is 4. The van der Waals surface area contributed by atoms with Gasteiger partial charge in [-0.05, 0) is 12.1 Å². The number of nitrogens with zero attached hydrogens (tertiary/aromatic N) is 4. The number of amides is 2.